The maximum absolute atomic E-state index is 11.2. The van der Waals surface area contributed by atoms with Gasteiger partial charge in [-0.05, 0) is 199 Å². The lowest BCUT2D eigenvalue weighted by atomic mass is 9.78. The molecule has 0 aliphatic heterocycles. The first-order chi connectivity index (χ1) is 39.6. The summed E-state index contributed by atoms with van der Waals surface area (Å²) in [6, 6.07) is 30.4. The quantitative estimate of drug-likeness (QED) is 0.0388. The summed E-state index contributed by atoms with van der Waals surface area (Å²) in [5.74, 6) is 51.2. The van der Waals surface area contributed by atoms with Crippen LogP contribution in [0.2, 0.25) is 0 Å². The maximum atomic E-state index is 11.2. The lowest BCUT2D eigenvalue weighted by Gasteiger charge is -2.26. The van der Waals surface area contributed by atoms with Gasteiger partial charge in [-0.3, -0.25) is 0 Å². The Balaban J connectivity index is 0.00000106. The van der Waals surface area contributed by atoms with Gasteiger partial charge in [0.2, 0.25) is 0 Å². The topological polar surface area (TPSA) is 146 Å². The molecule has 2 N–H and O–H groups in total. The molecule has 0 radical (unpaired) electrons. The predicted molar refractivity (Wildman–Crippen MR) is 329 cm³/mol. The van der Waals surface area contributed by atoms with Crippen molar-refractivity contribution < 1.29 is 48.3 Å². The Morgan fingerprint density at radius 2 is 0.675 bits per heavy atom. The van der Waals surface area contributed by atoms with E-state index in [0.717, 1.165) is 45.5 Å². The number of rotatable bonds is 15. The molecule has 10 heteroatoms. The number of benzene rings is 4. The van der Waals surface area contributed by atoms with Gasteiger partial charge in [-0.1, -0.05) is 145 Å². The van der Waals surface area contributed by atoms with E-state index >= 15 is 0 Å². The fourth-order valence-corrected chi connectivity index (χ4v) is 5.70. The number of hydrogen-bond donors (Lipinski definition) is 2. The molecule has 416 valence electrons. The standard InChI is InChI=1S/C23H24O4.C15H16O2.C13H4.C12H6.C10H14O4/c1-5-21(24)26-15-17-7-11-19(12-8-17)23(3,4)20-13-9-18(10-14-20)16-27-22(25)6-2;1-15(2,11-3-7-13(16)8-4-11)12-5-9-14(17)10-6-12;1-3-5-7-9-11-13-12-10-8-6-4-2;1-3-5-7-9-11-12-10-8-6-4-2;1-7(2)9(11)13-5-6-14-10(12)8(3)4/h5-14H,1-2,15-16H2,3-4H3;3-10,16-17H,1-2H3;1H,2H3;1-2H3;1,3,5-6H2,2,4H3. The zero-order chi connectivity index (χ0) is 62.3. The Bertz CT molecular complexity index is 3420. The summed E-state index contributed by atoms with van der Waals surface area (Å²) in [5, 5.41) is 18.6. The fraction of sp³-hybridized carbons (Fsp3) is 0.205. The molecule has 0 heterocycles. The number of hydrogen-bond acceptors (Lipinski definition) is 10. The highest BCUT2D eigenvalue weighted by atomic mass is 16.6. The minimum atomic E-state index is -0.489. The fourth-order valence-electron chi connectivity index (χ4n) is 5.70. The molecule has 0 aromatic heterocycles. The van der Waals surface area contributed by atoms with Crippen molar-refractivity contribution in [1.29, 1.82) is 0 Å². The molecule has 0 atom stereocenters. The summed E-state index contributed by atoms with van der Waals surface area (Å²) in [4.78, 5) is 44.0. The summed E-state index contributed by atoms with van der Waals surface area (Å²) in [6.07, 6.45) is 7.16. The molecule has 10 nitrogen and oxygen atoms in total. The van der Waals surface area contributed by atoms with Gasteiger partial charge < -0.3 is 29.2 Å². The van der Waals surface area contributed by atoms with Crippen LogP contribution in [0.1, 0.15) is 95.7 Å². The predicted octanol–water partition coefficient (Wildman–Crippen LogP) is 10.8. The molecule has 4 rings (SSSR count). The van der Waals surface area contributed by atoms with Crippen molar-refractivity contribution >= 4 is 23.9 Å². The van der Waals surface area contributed by atoms with Crippen LogP contribution in [0.15, 0.2) is 147 Å². The van der Waals surface area contributed by atoms with Crippen molar-refractivity contribution in [2.75, 3.05) is 13.2 Å². The number of ether oxygens (including phenoxy) is 4. The van der Waals surface area contributed by atoms with E-state index in [9.17, 15) is 29.4 Å². The summed E-state index contributed by atoms with van der Waals surface area (Å²) < 4.78 is 19.5. The van der Waals surface area contributed by atoms with Crippen molar-refractivity contribution in [3.8, 4) is 142 Å². The first-order valence-corrected chi connectivity index (χ1v) is 24.9. The highest BCUT2D eigenvalue weighted by Gasteiger charge is 2.24. The molecule has 0 spiro atoms. The summed E-state index contributed by atoms with van der Waals surface area (Å²) >= 11 is 0. The first-order valence-electron chi connectivity index (χ1n) is 24.9. The largest absolute Gasteiger partial charge is 0.508 e. The van der Waals surface area contributed by atoms with Crippen LogP contribution >= 0.6 is 0 Å². The van der Waals surface area contributed by atoms with Gasteiger partial charge in [0.1, 0.15) is 37.9 Å². The van der Waals surface area contributed by atoms with E-state index in [1.165, 1.54) is 0 Å². The minimum Gasteiger partial charge on any atom is -0.508 e. The van der Waals surface area contributed by atoms with Crippen LogP contribution in [0.3, 0.4) is 0 Å². The van der Waals surface area contributed by atoms with Crippen molar-refractivity contribution in [3.05, 3.63) is 180 Å². The molecule has 0 amide bonds. The Morgan fingerprint density at radius 1 is 0.434 bits per heavy atom. The molecule has 0 fully saturated rings. The average molecular weight is 1100 g/mol. The van der Waals surface area contributed by atoms with Crippen molar-refractivity contribution in [1.82, 2.24) is 0 Å². The molecule has 0 aliphatic rings. The average Bonchev–Trinajstić information content (AvgIpc) is 3.52. The second kappa shape index (κ2) is 42.5. The highest BCUT2D eigenvalue weighted by Crippen LogP contribution is 2.34. The number of aromatic hydroxyl groups is 2. The smallest absolute Gasteiger partial charge is 0.333 e. The third-order valence-electron chi connectivity index (χ3n) is 10.3. The molecule has 0 aliphatic carbocycles. The summed E-state index contributed by atoms with van der Waals surface area (Å²) in [5.41, 5.74) is 6.66. The Kier molecular flexibility index (Phi) is 36.6. The molecule has 0 bridgehead atoms. The van der Waals surface area contributed by atoms with E-state index in [4.69, 9.17) is 15.9 Å². The van der Waals surface area contributed by atoms with Crippen molar-refractivity contribution in [3.63, 3.8) is 0 Å². The Labute approximate surface area is 491 Å². The van der Waals surface area contributed by atoms with Crippen LogP contribution in [0, 0.1) is 131 Å². The van der Waals surface area contributed by atoms with Gasteiger partial charge in [0, 0.05) is 34.1 Å². The van der Waals surface area contributed by atoms with Crippen LogP contribution in [0.25, 0.3) is 0 Å². The summed E-state index contributed by atoms with van der Waals surface area (Å²) in [6.45, 7) is 30.8. The number of carbonyl (C=O) groups excluding carboxylic acids is 4. The van der Waals surface area contributed by atoms with Crippen LogP contribution in [-0.2, 0) is 62.2 Å². The third-order valence-corrected chi connectivity index (χ3v) is 10.3. The number of terminal acetylenes is 1. The van der Waals surface area contributed by atoms with Gasteiger partial charge in [0.15, 0.2) is 0 Å². The van der Waals surface area contributed by atoms with Crippen LogP contribution in [-0.4, -0.2) is 47.3 Å². The van der Waals surface area contributed by atoms with Crippen LogP contribution < -0.4 is 0 Å². The van der Waals surface area contributed by atoms with E-state index in [1.807, 2.05) is 72.8 Å². The molecular formula is C73H64O10. The van der Waals surface area contributed by atoms with Gasteiger partial charge >= 0.3 is 23.9 Å². The second-order valence-electron chi connectivity index (χ2n) is 17.2. The lowest BCUT2D eigenvalue weighted by molar-refractivity contribution is -0.147. The van der Waals surface area contributed by atoms with E-state index in [1.54, 1.807) is 58.9 Å². The molecular weight excluding hydrogens is 1040 g/mol. The maximum Gasteiger partial charge on any atom is 0.333 e. The lowest BCUT2D eigenvalue weighted by Crippen LogP contribution is -2.19. The van der Waals surface area contributed by atoms with E-state index in [-0.39, 0.29) is 48.8 Å². The SMILES string of the molecule is C#CC#CC#CC#CC#CC#CC.C=C(C)C(=O)OCCOC(=O)C(=C)C.C=CC(=O)OCc1ccc(C(C)(C)c2ccc(COC(=O)C=C)cc2)cc1.CC#CC#CC#CC#CC#CC.CC(C)(c1ccc(O)cc1)c1ccc(O)cc1. The number of phenolic OH excluding ortho intramolecular Hbond substituents is 2. The molecule has 4 aromatic rings. The third kappa shape index (κ3) is 32.7. The molecule has 0 unspecified atom stereocenters. The molecule has 4 aromatic carbocycles. The number of phenols is 2. The van der Waals surface area contributed by atoms with Gasteiger partial charge in [-0.15, -0.1) is 6.42 Å². The Morgan fingerprint density at radius 3 is 0.904 bits per heavy atom. The second-order valence-corrected chi connectivity index (χ2v) is 17.2. The minimum absolute atomic E-state index is 0.0325. The van der Waals surface area contributed by atoms with Crippen molar-refractivity contribution in [2.45, 2.75) is 86.4 Å². The van der Waals surface area contributed by atoms with Crippen molar-refractivity contribution in [2.24, 2.45) is 0 Å². The monoisotopic (exact) mass is 1100 g/mol. The van der Waals surface area contributed by atoms with Gasteiger partial charge in [0.05, 0.1) is 0 Å². The van der Waals surface area contributed by atoms with E-state index in [0.29, 0.717) is 11.1 Å². The van der Waals surface area contributed by atoms with Gasteiger partial charge in [-0.2, -0.15) is 0 Å². The molecule has 83 heavy (non-hydrogen) atoms. The normalized spacial score (nSPS) is 8.48. The first kappa shape index (κ1) is 71.5. The zero-order valence-corrected chi connectivity index (χ0v) is 48.3. The van der Waals surface area contributed by atoms with Crippen LogP contribution in [0.5, 0.6) is 11.5 Å². The van der Waals surface area contributed by atoms with Crippen LogP contribution in [0.4, 0.5) is 0 Å². The van der Waals surface area contributed by atoms with E-state index < -0.39 is 23.9 Å². The van der Waals surface area contributed by atoms with E-state index in [2.05, 4.69) is 188 Å². The molecule has 0 saturated heterocycles. The molecule has 0 saturated carbocycles. The number of carbonyl (C=O) groups is 4. The highest BCUT2D eigenvalue weighted by molar-refractivity contribution is 5.87. The number of esters is 4. The van der Waals surface area contributed by atoms with Gasteiger partial charge in [-0.25, -0.2) is 19.2 Å². The zero-order valence-electron chi connectivity index (χ0n) is 48.3. The summed E-state index contributed by atoms with van der Waals surface area (Å²) in [7, 11) is 0. The Hall–Kier alpha value is -11.5. The van der Waals surface area contributed by atoms with Gasteiger partial charge in [0.25, 0.3) is 0 Å².